The lowest BCUT2D eigenvalue weighted by Crippen LogP contribution is -2.36. The monoisotopic (exact) mass is 442 g/mol. The van der Waals surface area contributed by atoms with Gasteiger partial charge in [-0.2, -0.15) is 0 Å². The Labute approximate surface area is 181 Å². The molecule has 1 aliphatic rings. The highest BCUT2D eigenvalue weighted by atomic mass is 32.2. The van der Waals surface area contributed by atoms with Crippen LogP contribution in [0, 0.1) is 0 Å². The van der Waals surface area contributed by atoms with E-state index < -0.39 is 36.2 Å². The second-order valence-corrected chi connectivity index (χ2v) is 7.23. The number of hydrogen-bond acceptors (Lipinski definition) is 7. The normalized spacial score (nSPS) is 14.6. The van der Waals surface area contributed by atoms with Crippen molar-refractivity contribution in [3.05, 3.63) is 59.0 Å². The van der Waals surface area contributed by atoms with Crippen LogP contribution in [0.25, 0.3) is 6.08 Å². The highest BCUT2D eigenvalue weighted by Crippen LogP contribution is 2.34. The van der Waals surface area contributed by atoms with Gasteiger partial charge in [0.1, 0.15) is 18.0 Å². The van der Waals surface area contributed by atoms with Crippen LogP contribution in [0.2, 0.25) is 0 Å². The summed E-state index contributed by atoms with van der Waals surface area (Å²) in [6.07, 6.45) is 1.43. The third kappa shape index (κ3) is 5.43. The summed E-state index contributed by atoms with van der Waals surface area (Å²) in [5.41, 5.74) is 0.856. The molecule has 9 nitrogen and oxygen atoms in total. The average Bonchev–Trinajstić information content (AvgIpc) is 3.00. The summed E-state index contributed by atoms with van der Waals surface area (Å²) >= 11 is 0.688. The number of hydrogen-bond donors (Lipinski definition) is 2. The number of benzene rings is 2. The number of carbonyl (C=O) groups is 4. The summed E-state index contributed by atoms with van der Waals surface area (Å²) in [5, 5.41) is 10.8. The van der Waals surface area contributed by atoms with Crippen molar-refractivity contribution in [2.24, 2.45) is 0 Å². The van der Waals surface area contributed by atoms with Gasteiger partial charge in [-0.25, -0.2) is 4.79 Å². The fourth-order valence-corrected chi connectivity index (χ4v) is 3.56. The second kappa shape index (κ2) is 9.81. The van der Waals surface area contributed by atoms with E-state index in [-0.39, 0.29) is 10.7 Å². The van der Waals surface area contributed by atoms with Crippen LogP contribution in [0.1, 0.15) is 5.56 Å². The first-order chi connectivity index (χ1) is 14.9. The highest BCUT2D eigenvalue weighted by molar-refractivity contribution is 8.18. The molecule has 2 N–H and O–H groups in total. The largest absolute Gasteiger partial charge is 0.495 e. The van der Waals surface area contributed by atoms with E-state index in [4.69, 9.17) is 14.6 Å². The molecule has 0 aromatic heterocycles. The lowest BCUT2D eigenvalue weighted by atomic mass is 10.2. The predicted molar refractivity (Wildman–Crippen MR) is 114 cm³/mol. The van der Waals surface area contributed by atoms with Gasteiger partial charge in [-0.15, -0.1) is 0 Å². The first kappa shape index (κ1) is 21.9. The molecule has 1 fully saturated rings. The van der Waals surface area contributed by atoms with Gasteiger partial charge in [0, 0.05) is 5.56 Å². The van der Waals surface area contributed by atoms with Crippen molar-refractivity contribution in [2.75, 3.05) is 25.6 Å². The molecule has 31 heavy (non-hydrogen) atoms. The van der Waals surface area contributed by atoms with Crippen LogP contribution < -0.4 is 14.8 Å². The molecule has 2 aromatic rings. The van der Waals surface area contributed by atoms with Gasteiger partial charge >= 0.3 is 5.97 Å². The van der Waals surface area contributed by atoms with Crippen LogP contribution in [0.5, 0.6) is 11.5 Å². The summed E-state index contributed by atoms with van der Waals surface area (Å²) in [4.78, 5) is 49.1. The van der Waals surface area contributed by atoms with Crippen molar-refractivity contribution < 1.29 is 33.8 Å². The third-order valence-electron chi connectivity index (χ3n) is 4.11. The molecule has 2 aromatic carbocycles. The smallest absolute Gasteiger partial charge is 0.341 e. The quantitative estimate of drug-likeness (QED) is 0.599. The first-order valence-electron chi connectivity index (χ1n) is 9.01. The molecule has 160 valence electrons. The Morgan fingerprint density at radius 3 is 2.48 bits per heavy atom. The zero-order valence-corrected chi connectivity index (χ0v) is 17.2. The Morgan fingerprint density at radius 1 is 1.10 bits per heavy atom. The lowest BCUT2D eigenvalue weighted by molar-refractivity contribution is -0.139. The van der Waals surface area contributed by atoms with Crippen molar-refractivity contribution in [2.45, 2.75) is 0 Å². The molecule has 3 amide bonds. The van der Waals surface area contributed by atoms with E-state index in [0.717, 1.165) is 4.90 Å². The van der Waals surface area contributed by atoms with E-state index in [9.17, 15) is 19.2 Å². The number of para-hydroxylation sites is 3. The molecule has 0 atom stereocenters. The zero-order valence-electron chi connectivity index (χ0n) is 16.4. The fraction of sp³-hybridized carbons (Fsp3) is 0.143. The van der Waals surface area contributed by atoms with Crippen molar-refractivity contribution >= 4 is 46.5 Å². The number of rotatable bonds is 8. The molecule has 1 aliphatic heterocycles. The molecule has 0 radical (unpaired) electrons. The summed E-state index contributed by atoms with van der Waals surface area (Å²) in [6.45, 7) is -1.01. The van der Waals surface area contributed by atoms with Crippen molar-refractivity contribution in [3.8, 4) is 11.5 Å². The Hall–Kier alpha value is -3.79. The van der Waals surface area contributed by atoms with E-state index in [0.29, 0.717) is 28.8 Å². The van der Waals surface area contributed by atoms with Crippen LogP contribution in [0.4, 0.5) is 10.5 Å². The van der Waals surface area contributed by atoms with Gasteiger partial charge in [0.05, 0.1) is 17.7 Å². The molecule has 1 saturated heterocycles. The third-order valence-corrected chi connectivity index (χ3v) is 5.02. The van der Waals surface area contributed by atoms with Crippen LogP contribution >= 0.6 is 11.8 Å². The van der Waals surface area contributed by atoms with E-state index in [1.165, 1.54) is 13.2 Å². The highest BCUT2D eigenvalue weighted by Gasteiger charge is 2.36. The van der Waals surface area contributed by atoms with Gasteiger partial charge in [0.15, 0.2) is 6.61 Å². The summed E-state index contributed by atoms with van der Waals surface area (Å²) in [7, 11) is 1.46. The number of anilines is 1. The molecule has 0 spiro atoms. The minimum Gasteiger partial charge on any atom is -0.495 e. The van der Waals surface area contributed by atoms with Crippen LogP contribution in [0.15, 0.2) is 53.4 Å². The molecular formula is C21H18N2O7S. The van der Waals surface area contributed by atoms with Crippen LogP contribution in [-0.2, 0) is 14.4 Å². The molecule has 0 unspecified atom stereocenters. The van der Waals surface area contributed by atoms with Crippen molar-refractivity contribution in [3.63, 3.8) is 0 Å². The van der Waals surface area contributed by atoms with E-state index in [1.807, 2.05) is 0 Å². The fourth-order valence-electron chi connectivity index (χ4n) is 2.73. The Morgan fingerprint density at radius 2 is 1.77 bits per heavy atom. The molecule has 10 heteroatoms. The minimum absolute atomic E-state index is 0.0986. The maximum atomic E-state index is 12.7. The van der Waals surface area contributed by atoms with Gasteiger partial charge in [-0.05, 0) is 36.0 Å². The second-order valence-electron chi connectivity index (χ2n) is 6.24. The average molecular weight is 442 g/mol. The van der Waals surface area contributed by atoms with Gasteiger partial charge in [0.25, 0.3) is 11.1 Å². The predicted octanol–water partition coefficient (Wildman–Crippen LogP) is 2.83. The SMILES string of the molecule is COc1ccccc1NC(=O)CN1C(=O)S/C(=C\c2ccccc2OCC(=O)O)C1=O. The van der Waals surface area contributed by atoms with Gasteiger partial charge < -0.3 is 19.9 Å². The molecule has 0 saturated carbocycles. The van der Waals surface area contributed by atoms with Gasteiger partial charge in [0.2, 0.25) is 5.91 Å². The van der Waals surface area contributed by atoms with Gasteiger partial charge in [-0.3, -0.25) is 19.3 Å². The number of carboxylic acids is 1. The standard InChI is InChI=1S/C21H18N2O7S/c1-29-16-9-5-3-7-14(16)22-18(24)11-23-20(27)17(31-21(23)28)10-13-6-2-4-8-15(13)30-12-19(25)26/h2-10H,11-12H2,1H3,(H,22,24)(H,25,26)/b17-10-. The number of amides is 3. The van der Waals surface area contributed by atoms with Crippen molar-refractivity contribution in [1.82, 2.24) is 4.90 Å². The Bertz CT molecular complexity index is 1070. The number of thioether (sulfide) groups is 1. The number of carbonyl (C=O) groups excluding carboxylic acids is 3. The van der Waals surface area contributed by atoms with E-state index in [2.05, 4.69) is 5.32 Å². The Kier molecular flexibility index (Phi) is 6.93. The Balaban J connectivity index is 1.72. The molecular weight excluding hydrogens is 424 g/mol. The number of methoxy groups -OCH3 is 1. The number of carboxylic acid groups (broad SMARTS) is 1. The van der Waals surface area contributed by atoms with Gasteiger partial charge in [-0.1, -0.05) is 30.3 Å². The summed E-state index contributed by atoms with van der Waals surface area (Å²) < 4.78 is 10.4. The number of nitrogens with one attached hydrogen (secondary N) is 1. The van der Waals surface area contributed by atoms with Crippen molar-refractivity contribution in [1.29, 1.82) is 0 Å². The van der Waals surface area contributed by atoms with E-state index in [1.54, 1.807) is 48.5 Å². The molecule has 0 bridgehead atoms. The summed E-state index contributed by atoms with van der Waals surface area (Å²) in [5.74, 6) is -1.62. The molecule has 3 rings (SSSR count). The minimum atomic E-state index is -1.14. The maximum Gasteiger partial charge on any atom is 0.341 e. The number of nitrogens with zero attached hydrogens (tertiary/aromatic N) is 1. The molecule has 0 aliphatic carbocycles. The van der Waals surface area contributed by atoms with Crippen LogP contribution in [0.3, 0.4) is 0 Å². The number of ether oxygens (including phenoxy) is 2. The molecule has 1 heterocycles. The first-order valence-corrected chi connectivity index (χ1v) is 9.82. The number of aliphatic carboxylic acids is 1. The number of imide groups is 1. The van der Waals surface area contributed by atoms with E-state index >= 15 is 0 Å². The maximum absolute atomic E-state index is 12.7. The van der Waals surface area contributed by atoms with Crippen LogP contribution in [-0.4, -0.2) is 53.3 Å². The topological polar surface area (TPSA) is 122 Å². The summed E-state index contributed by atoms with van der Waals surface area (Å²) in [6, 6.07) is 13.3. The zero-order chi connectivity index (χ0) is 22.4. The lowest BCUT2D eigenvalue weighted by Gasteiger charge is -2.14.